The summed E-state index contributed by atoms with van der Waals surface area (Å²) in [5, 5.41) is 28.5. The molecule has 7 nitrogen and oxygen atoms in total. The Bertz CT molecular complexity index is 1540. The lowest BCUT2D eigenvalue weighted by Crippen LogP contribution is -2.30. The Labute approximate surface area is 214 Å². The summed E-state index contributed by atoms with van der Waals surface area (Å²) >= 11 is 0. The van der Waals surface area contributed by atoms with Crippen LogP contribution in [0.4, 0.5) is 5.82 Å². The van der Waals surface area contributed by atoms with Gasteiger partial charge in [-0.05, 0) is 66.8 Å². The molecule has 0 radical (unpaired) electrons. The Morgan fingerprint density at radius 1 is 0.973 bits per heavy atom. The van der Waals surface area contributed by atoms with Crippen LogP contribution in [0.15, 0.2) is 84.1 Å². The van der Waals surface area contributed by atoms with Crippen LogP contribution in [0.1, 0.15) is 47.1 Å². The van der Waals surface area contributed by atoms with Gasteiger partial charge in [0, 0.05) is 29.2 Å². The number of nitrogens with zero attached hydrogens (tertiary/aromatic N) is 2. The van der Waals surface area contributed by atoms with E-state index >= 15 is 0 Å². The first-order valence-electron chi connectivity index (χ1n) is 12.3. The fraction of sp³-hybridized carbons (Fsp3) is 0.200. The summed E-state index contributed by atoms with van der Waals surface area (Å²) in [6, 6.07) is 22.3. The zero-order valence-corrected chi connectivity index (χ0v) is 20.6. The minimum Gasteiger partial charge on any atom is -0.508 e. The standard InChI is InChI=1S/C30H27N3O4/c1-17-27-28(19-10-13-24(35)26(16-19)37-2)29-23(31-30(27)33(32-17)21-6-4-3-5-7-21)14-20(15-25(29)36)18-8-11-22(34)12-9-18/h3-13,16,20,28,31,34-35H,14-15H2,1-2H3/t20-,28-/m1/s1. The normalized spacial score (nSPS) is 18.7. The van der Waals surface area contributed by atoms with Crippen LogP contribution in [0.2, 0.25) is 0 Å². The third-order valence-corrected chi connectivity index (χ3v) is 7.36. The minimum absolute atomic E-state index is 0.00917. The van der Waals surface area contributed by atoms with Crippen molar-refractivity contribution in [2.24, 2.45) is 0 Å². The molecule has 2 aliphatic rings. The van der Waals surface area contributed by atoms with Gasteiger partial charge in [-0.3, -0.25) is 4.79 Å². The molecule has 0 saturated carbocycles. The van der Waals surface area contributed by atoms with E-state index in [-0.39, 0.29) is 29.1 Å². The predicted molar refractivity (Wildman–Crippen MR) is 141 cm³/mol. The van der Waals surface area contributed by atoms with Crippen LogP contribution in [0.25, 0.3) is 5.69 Å². The van der Waals surface area contributed by atoms with E-state index in [2.05, 4.69) is 5.32 Å². The van der Waals surface area contributed by atoms with Gasteiger partial charge in [-0.2, -0.15) is 5.10 Å². The van der Waals surface area contributed by atoms with Gasteiger partial charge in [-0.25, -0.2) is 4.68 Å². The SMILES string of the molecule is COc1cc([C@H]2C3=C(C[C@@H](c4ccc(O)cc4)CC3=O)Nc3c2c(C)nn3-c2ccccc2)ccc1O. The maximum absolute atomic E-state index is 13.8. The molecule has 6 rings (SSSR count). The lowest BCUT2D eigenvalue weighted by molar-refractivity contribution is -0.116. The molecule has 0 spiro atoms. The molecule has 1 aliphatic carbocycles. The number of phenolic OH excluding ortho intramolecular Hbond substituents is 2. The van der Waals surface area contributed by atoms with E-state index in [0.29, 0.717) is 18.6 Å². The summed E-state index contributed by atoms with van der Waals surface area (Å²) in [5.74, 6) is 1.15. The number of aromatic hydroxyl groups is 2. The highest BCUT2D eigenvalue weighted by atomic mass is 16.5. The summed E-state index contributed by atoms with van der Waals surface area (Å²) in [5.41, 5.74) is 6.15. The first kappa shape index (κ1) is 22.9. The van der Waals surface area contributed by atoms with E-state index in [0.717, 1.165) is 45.2 Å². The number of rotatable bonds is 4. The van der Waals surface area contributed by atoms with Crippen LogP contribution in [-0.4, -0.2) is 32.9 Å². The molecule has 2 heterocycles. The number of anilines is 1. The molecule has 3 N–H and O–H groups in total. The van der Waals surface area contributed by atoms with Crippen molar-refractivity contribution in [3.05, 3.63) is 106 Å². The zero-order chi connectivity index (χ0) is 25.7. The topological polar surface area (TPSA) is 96.6 Å². The molecule has 0 fully saturated rings. The van der Waals surface area contributed by atoms with Gasteiger partial charge in [0.2, 0.25) is 0 Å². The number of ether oxygens (including phenoxy) is 1. The maximum Gasteiger partial charge on any atom is 0.162 e. The van der Waals surface area contributed by atoms with Gasteiger partial charge in [0.1, 0.15) is 11.6 Å². The lowest BCUT2D eigenvalue weighted by Gasteiger charge is -2.36. The first-order chi connectivity index (χ1) is 17.9. The predicted octanol–water partition coefficient (Wildman–Crippen LogP) is 5.56. The highest BCUT2D eigenvalue weighted by Gasteiger charge is 2.41. The second-order valence-electron chi connectivity index (χ2n) is 9.60. The number of phenols is 2. The number of para-hydroxylation sites is 1. The number of aryl methyl sites for hydroxylation is 1. The minimum atomic E-state index is -0.355. The van der Waals surface area contributed by atoms with Crippen molar-refractivity contribution in [1.82, 2.24) is 9.78 Å². The van der Waals surface area contributed by atoms with Gasteiger partial charge in [-0.15, -0.1) is 0 Å². The summed E-state index contributed by atoms with van der Waals surface area (Å²) in [6.45, 7) is 1.96. The van der Waals surface area contributed by atoms with Crippen molar-refractivity contribution in [2.45, 2.75) is 31.6 Å². The Morgan fingerprint density at radius 2 is 1.70 bits per heavy atom. The quantitative estimate of drug-likeness (QED) is 0.345. The molecule has 0 bridgehead atoms. The van der Waals surface area contributed by atoms with Crippen molar-refractivity contribution in [3.63, 3.8) is 0 Å². The molecule has 1 aliphatic heterocycles. The Hall–Kier alpha value is -4.52. The van der Waals surface area contributed by atoms with Crippen LogP contribution >= 0.6 is 0 Å². The first-order valence-corrected chi connectivity index (χ1v) is 12.3. The number of methoxy groups -OCH3 is 1. The number of fused-ring (bicyclic) bond motifs is 1. The summed E-state index contributed by atoms with van der Waals surface area (Å²) in [4.78, 5) is 13.8. The number of carbonyl (C=O) groups excluding carboxylic acids is 1. The van der Waals surface area contributed by atoms with Crippen molar-refractivity contribution in [2.75, 3.05) is 12.4 Å². The van der Waals surface area contributed by atoms with E-state index in [1.165, 1.54) is 7.11 Å². The molecule has 0 unspecified atom stereocenters. The molecule has 0 amide bonds. The van der Waals surface area contributed by atoms with Crippen LogP contribution in [-0.2, 0) is 4.79 Å². The molecule has 186 valence electrons. The average molecular weight is 494 g/mol. The van der Waals surface area contributed by atoms with Crippen LogP contribution in [0, 0.1) is 6.92 Å². The number of ketones is 1. The second-order valence-corrected chi connectivity index (χ2v) is 9.60. The van der Waals surface area contributed by atoms with E-state index in [4.69, 9.17) is 9.84 Å². The molecule has 1 aromatic heterocycles. The van der Waals surface area contributed by atoms with Crippen LogP contribution in [0.3, 0.4) is 0 Å². The maximum atomic E-state index is 13.8. The van der Waals surface area contributed by atoms with Crippen molar-refractivity contribution in [3.8, 4) is 22.9 Å². The zero-order valence-electron chi connectivity index (χ0n) is 20.6. The fourth-order valence-electron chi connectivity index (χ4n) is 5.62. The highest BCUT2D eigenvalue weighted by Crippen LogP contribution is 2.50. The van der Waals surface area contributed by atoms with Crippen molar-refractivity contribution < 1.29 is 19.7 Å². The van der Waals surface area contributed by atoms with Crippen molar-refractivity contribution >= 4 is 11.6 Å². The number of hydrogen-bond acceptors (Lipinski definition) is 6. The van der Waals surface area contributed by atoms with Gasteiger partial charge in [0.05, 0.1) is 18.5 Å². The van der Waals surface area contributed by atoms with E-state index in [9.17, 15) is 15.0 Å². The largest absolute Gasteiger partial charge is 0.508 e. The number of carbonyl (C=O) groups is 1. The number of aromatic nitrogens is 2. The number of hydrogen-bond donors (Lipinski definition) is 3. The van der Waals surface area contributed by atoms with Gasteiger partial charge in [0.15, 0.2) is 17.3 Å². The van der Waals surface area contributed by atoms with Gasteiger partial charge >= 0.3 is 0 Å². The second kappa shape index (κ2) is 8.85. The Morgan fingerprint density at radius 3 is 2.43 bits per heavy atom. The molecular formula is C30H27N3O4. The van der Waals surface area contributed by atoms with Gasteiger partial charge < -0.3 is 20.3 Å². The van der Waals surface area contributed by atoms with E-state index < -0.39 is 0 Å². The monoisotopic (exact) mass is 493 g/mol. The average Bonchev–Trinajstić information content (AvgIpc) is 3.24. The summed E-state index contributed by atoms with van der Waals surface area (Å²) in [6.07, 6.45) is 1.02. The Balaban J connectivity index is 1.53. The smallest absolute Gasteiger partial charge is 0.162 e. The summed E-state index contributed by atoms with van der Waals surface area (Å²) in [7, 11) is 1.52. The van der Waals surface area contributed by atoms with Gasteiger partial charge in [-0.1, -0.05) is 36.4 Å². The van der Waals surface area contributed by atoms with Crippen LogP contribution < -0.4 is 10.1 Å². The molecule has 37 heavy (non-hydrogen) atoms. The molecule has 0 saturated heterocycles. The third kappa shape index (κ3) is 3.83. The number of Topliss-reactive ketones (excluding diaryl/α,β-unsaturated/α-hetero) is 1. The van der Waals surface area contributed by atoms with E-state index in [1.807, 2.05) is 60.1 Å². The highest BCUT2D eigenvalue weighted by molar-refractivity contribution is 6.02. The number of nitrogens with one attached hydrogen (secondary N) is 1. The molecule has 2 atom stereocenters. The fourth-order valence-corrected chi connectivity index (χ4v) is 5.62. The molecule has 3 aromatic carbocycles. The van der Waals surface area contributed by atoms with Crippen LogP contribution in [0.5, 0.6) is 17.2 Å². The third-order valence-electron chi connectivity index (χ3n) is 7.36. The molecular weight excluding hydrogens is 466 g/mol. The number of allylic oxidation sites excluding steroid dienone is 2. The number of benzene rings is 3. The summed E-state index contributed by atoms with van der Waals surface area (Å²) < 4.78 is 7.31. The lowest BCUT2D eigenvalue weighted by atomic mass is 9.72. The van der Waals surface area contributed by atoms with E-state index in [1.54, 1.807) is 24.3 Å². The molecule has 4 aromatic rings. The van der Waals surface area contributed by atoms with Crippen molar-refractivity contribution in [1.29, 1.82) is 0 Å². The Kier molecular flexibility index (Phi) is 5.48. The molecule has 7 heteroatoms. The van der Waals surface area contributed by atoms with Gasteiger partial charge in [0.25, 0.3) is 0 Å².